The smallest absolute Gasteiger partial charge is 0.237 e. The summed E-state index contributed by atoms with van der Waals surface area (Å²) in [5.74, 6) is 2.29. The van der Waals surface area contributed by atoms with Gasteiger partial charge in [-0.15, -0.1) is 5.10 Å². The van der Waals surface area contributed by atoms with Gasteiger partial charge >= 0.3 is 0 Å². The third kappa shape index (κ3) is 3.46. The first-order valence-corrected chi connectivity index (χ1v) is 9.76. The number of thioether (sulfide) groups is 1. The van der Waals surface area contributed by atoms with Gasteiger partial charge in [0.1, 0.15) is 11.4 Å². The number of hydrogen-bond acceptors (Lipinski definition) is 9. The van der Waals surface area contributed by atoms with Gasteiger partial charge in [0.15, 0.2) is 0 Å². The van der Waals surface area contributed by atoms with Crippen LogP contribution in [0.5, 0.6) is 5.75 Å². The molecule has 0 aliphatic heterocycles. The van der Waals surface area contributed by atoms with Crippen LogP contribution in [0.2, 0.25) is 0 Å². The lowest BCUT2D eigenvalue weighted by Gasteiger charge is -2.10. The Morgan fingerprint density at radius 1 is 1.27 bits per heavy atom. The minimum Gasteiger partial charge on any atom is -0.492 e. The third-order valence-corrected chi connectivity index (χ3v) is 4.99. The lowest BCUT2D eigenvalue weighted by atomic mass is 10.3. The molecule has 0 saturated carbocycles. The quantitative estimate of drug-likeness (QED) is 0.446. The van der Waals surface area contributed by atoms with Crippen molar-refractivity contribution in [3.63, 3.8) is 0 Å². The van der Waals surface area contributed by atoms with Gasteiger partial charge in [-0.25, -0.2) is 0 Å². The first-order chi connectivity index (χ1) is 12.8. The summed E-state index contributed by atoms with van der Waals surface area (Å²) in [6.45, 7) is 2.50. The number of para-hydroxylation sites is 2. The van der Waals surface area contributed by atoms with E-state index in [2.05, 4.69) is 25.7 Å². The second-order valence-electron chi connectivity index (χ2n) is 5.09. The number of ether oxygens (including phenoxy) is 1. The fraction of sp³-hybridized carbons (Fsp3) is 0.188. The average Bonchev–Trinajstić information content (AvgIpc) is 3.41. The zero-order chi connectivity index (χ0) is 17.8. The number of benzene rings is 1. The van der Waals surface area contributed by atoms with Crippen molar-refractivity contribution in [1.82, 2.24) is 30.3 Å². The number of thiophene rings is 1. The van der Waals surface area contributed by atoms with Crippen molar-refractivity contribution in [3.8, 4) is 22.8 Å². The van der Waals surface area contributed by atoms with Gasteiger partial charge in [0, 0.05) is 10.9 Å². The SMILES string of the molecule is CCOc1ccccc1-n1nnnc1SCc1nc(-c2ccsc2)no1. The van der Waals surface area contributed by atoms with E-state index in [1.807, 2.05) is 48.0 Å². The molecule has 0 fully saturated rings. The van der Waals surface area contributed by atoms with Crippen LogP contribution >= 0.6 is 23.1 Å². The first kappa shape index (κ1) is 16.7. The molecule has 0 spiro atoms. The van der Waals surface area contributed by atoms with E-state index >= 15 is 0 Å². The third-order valence-electron chi connectivity index (χ3n) is 3.41. The molecular formula is C16H14N6O2S2. The average molecular weight is 386 g/mol. The molecule has 4 rings (SSSR count). The van der Waals surface area contributed by atoms with E-state index in [4.69, 9.17) is 9.26 Å². The molecule has 0 saturated heterocycles. The van der Waals surface area contributed by atoms with Crippen LogP contribution in [0.3, 0.4) is 0 Å². The molecule has 0 radical (unpaired) electrons. The van der Waals surface area contributed by atoms with E-state index in [9.17, 15) is 0 Å². The highest BCUT2D eigenvalue weighted by atomic mass is 32.2. The summed E-state index contributed by atoms with van der Waals surface area (Å²) in [6, 6.07) is 9.58. The molecule has 26 heavy (non-hydrogen) atoms. The van der Waals surface area contributed by atoms with E-state index in [0.29, 0.717) is 29.2 Å². The minimum absolute atomic E-state index is 0.467. The molecule has 3 aromatic heterocycles. The maximum atomic E-state index is 5.66. The van der Waals surface area contributed by atoms with Crippen LogP contribution in [0.4, 0.5) is 0 Å². The van der Waals surface area contributed by atoms with Gasteiger partial charge in [-0.05, 0) is 40.9 Å². The van der Waals surface area contributed by atoms with Crippen LogP contribution in [0.15, 0.2) is 50.8 Å². The molecule has 0 N–H and O–H groups in total. The van der Waals surface area contributed by atoms with Gasteiger partial charge in [-0.3, -0.25) is 0 Å². The van der Waals surface area contributed by atoms with E-state index in [-0.39, 0.29) is 0 Å². The van der Waals surface area contributed by atoms with E-state index < -0.39 is 0 Å². The van der Waals surface area contributed by atoms with E-state index in [1.54, 1.807) is 16.0 Å². The Morgan fingerprint density at radius 3 is 3.04 bits per heavy atom. The fourth-order valence-electron chi connectivity index (χ4n) is 2.28. The van der Waals surface area contributed by atoms with Gasteiger partial charge in [-0.2, -0.15) is 21.0 Å². The largest absolute Gasteiger partial charge is 0.492 e. The summed E-state index contributed by atoms with van der Waals surface area (Å²) >= 11 is 3.01. The molecule has 0 atom stereocenters. The van der Waals surface area contributed by atoms with Gasteiger partial charge in [-0.1, -0.05) is 29.1 Å². The molecule has 4 aromatic rings. The van der Waals surface area contributed by atoms with Crippen LogP contribution in [-0.4, -0.2) is 37.0 Å². The summed E-state index contributed by atoms with van der Waals surface area (Å²) in [7, 11) is 0. The molecule has 1 aromatic carbocycles. The Balaban J connectivity index is 1.52. The topological polar surface area (TPSA) is 91.8 Å². The summed E-state index contributed by atoms with van der Waals surface area (Å²) in [4.78, 5) is 4.41. The van der Waals surface area contributed by atoms with Crippen molar-refractivity contribution >= 4 is 23.1 Å². The zero-order valence-corrected chi connectivity index (χ0v) is 15.4. The Labute approximate surface area is 157 Å². The standard InChI is InChI=1S/C16H14N6O2S2/c1-2-23-13-6-4-3-5-12(13)22-16(18-20-21-22)26-10-14-17-15(19-24-14)11-7-8-25-9-11/h3-9H,2,10H2,1H3. The van der Waals surface area contributed by atoms with Gasteiger partial charge in [0.25, 0.3) is 0 Å². The second-order valence-corrected chi connectivity index (χ2v) is 6.81. The van der Waals surface area contributed by atoms with Crippen molar-refractivity contribution in [1.29, 1.82) is 0 Å². The summed E-state index contributed by atoms with van der Waals surface area (Å²) in [5, 5.41) is 20.5. The summed E-state index contributed by atoms with van der Waals surface area (Å²) in [5.41, 5.74) is 1.73. The Kier molecular flexibility index (Phi) is 4.93. The molecule has 0 amide bonds. The van der Waals surface area contributed by atoms with Gasteiger partial charge < -0.3 is 9.26 Å². The zero-order valence-electron chi connectivity index (χ0n) is 13.8. The normalized spacial score (nSPS) is 11.0. The Bertz CT molecular complexity index is 982. The molecular weight excluding hydrogens is 372 g/mol. The molecule has 0 unspecified atom stereocenters. The van der Waals surface area contributed by atoms with Crippen molar-refractivity contribution in [2.45, 2.75) is 17.8 Å². The summed E-state index contributed by atoms with van der Waals surface area (Å²) in [6.07, 6.45) is 0. The number of rotatable bonds is 7. The highest BCUT2D eigenvalue weighted by Crippen LogP contribution is 2.28. The predicted molar refractivity (Wildman–Crippen MR) is 97.5 cm³/mol. The Hall–Kier alpha value is -2.72. The minimum atomic E-state index is 0.467. The maximum Gasteiger partial charge on any atom is 0.237 e. The molecule has 3 heterocycles. The van der Waals surface area contributed by atoms with Crippen molar-refractivity contribution < 1.29 is 9.26 Å². The number of aromatic nitrogens is 6. The molecule has 8 nitrogen and oxygen atoms in total. The Morgan fingerprint density at radius 2 is 2.19 bits per heavy atom. The monoisotopic (exact) mass is 386 g/mol. The molecule has 0 bridgehead atoms. The predicted octanol–water partition coefficient (Wildman–Crippen LogP) is 3.46. The molecule has 0 aliphatic carbocycles. The lowest BCUT2D eigenvalue weighted by Crippen LogP contribution is -2.03. The van der Waals surface area contributed by atoms with Crippen LogP contribution in [-0.2, 0) is 5.75 Å². The number of tetrazole rings is 1. The fourth-order valence-corrected chi connectivity index (χ4v) is 3.63. The molecule has 132 valence electrons. The number of hydrogen-bond donors (Lipinski definition) is 0. The molecule has 0 aliphatic rings. The van der Waals surface area contributed by atoms with Crippen molar-refractivity contribution in [2.75, 3.05) is 6.61 Å². The highest BCUT2D eigenvalue weighted by molar-refractivity contribution is 7.98. The lowest BCUT2D eigenvalue weighted by molar-refractivity contribution is 0.337. The van der Waals surface area contributed by atoms with Crippen molar-refractivity contribution in [2.24, 2.45) is 0 Å². The summed E-state index contributed by atoms with van der Waals surface area (Å²) < 4.78 is 12.6. The van der Waals surface area contributed by atoms with Crippen molar-refractivity contribution in [3.05, 3.63) is 47.0 Å². The van der Waals surface area contributed by atoms with E-state index in [1.165, 1.54) is 11.8 Å². The van der Waals surface area contributed by atoms with Crippen LogP contribution in [0.1, 0.15) is 12.8 Å². The van der Waals surface area contributed by atoms with Crippen LogP contribution in [0.25, 0.3) is 17.1 Å². The van der Waals surface area contributed by atoms with Gasteiger partial charge in [0.05, 0.1) is 12.4 Å². The highest BCUT2D eigenvalue weighted by Gasteiger charge is 2.15. The van der Waals surface area contributed by atoms with E-state index in [0.717, 1.165) is 17.0 Å². The number of nitrogens with zero attached hydrogens (tertiary/aromatic N) is 6. The maximum absolute atomic E-state index is 5.66. The van der Waals surface area contributed by atoms with Crippen LogP contribution in [0, 0.1) is 0 Å². The van der Waals surface area contributed by atoms with Crippen LogP contribution < -0.4 is 4.74 Å². The van der Waals surface area contributed by atoms with Gasteiger partial charge in [0.2, 0.25) is 16.9 Å². The molecule has 10 heteroatoms. The second kappa shape index (κ2) is 7.67. The first-order valence-electron chi connectivity index (χ1n) is 7.83.